The van der Waals surface area contributed by atoms with E-state index in [1.807, 2.05) is 6.07 Å². The molecule has 1 amide bonds. The number of benzene rings is 1. The summed E-state index contributed by atoms with van der Waals surface area (Å²) in [5.41, 5.74) is -0.00907. The third kappa shape index (κ3) is 6.17. The molecule has 0 unspecified atom stereocenters. The molecular weight excluding hydrogens is 398 g/mol. The Kier molecular flexibility index (Phi) is 7.52. The number of nitrogens with one attached hydrogen (secondary N) is 1. The van der Waals surface area contributed by atoms with E-state index in [1.165, 1.54) is 49.4 Å². The number of furan rings is 1. The highest BCUT2D eigenvalue weighted by atomic mass is 32.2. The van der Waals surface area contributed by atoms with E-state index in [0.29, 0.717) is 5.76 Å². The van der Waals surface area contributed by atoms with Crippen molar-refractivity contribution in [2.24, 2.45) is 0 Å². The topological polar surface area (TPSA) is 130 Å². The molecule has 0 bridgehead atoms. The summed E-state index contributed by atoms with van der Waals surface area (Å²) in [6.45, 7) is 1.59. The zero-order chi connectivity index (χ0) is 21.4. The van der Waals surface area contributed by atoms with E-state index in [2.05, 4.69) is 4.72 Å². The van der Waals surface area contributed by atoms with Crippen LogP contribution in [0, 0.1) is 11.3 Å². The average Bonchev–Trinajstić information content (AvgIpc) is 3.23. The van der Waals surface area contributed by atoms with Crippen LogP contribution in [0.2, 0.25) is 0 Å². The predicted octanol–water partition coefficient (Wildman–Crippen LogP) is 1.68. The lowest BCUT2D eigenvalue weighted by molar-refractivity contribution is -0.138. The van der Waals surface area contributed by atoms with Crippen molar-refractivity contribution in [3.8, 4) is 6.07 Å². The Morgan fingerprint density at radius 3 is 2.72 bits per heavy atom. The summed E-state index contributed by atoms with van der Waals surface area (Å²) >= 11 is 0. The largest absolute Gasteiger partial charge is 0.468 e. The summed E-state index contributed by atoms with van der Waals surface area (Å²) in [7, 11) is -2.38. The maximum atomic E-state index is 12.4. The van der Waals surface area contributed by atoms with Crippen molar-refractivity contribution in [1.82, 2.24) is 9.62 Å². The molecule has 2 rings (SSSR count). The van der Waals surface area contributed by atoms with Gasteiger partial charge in [-0.3, -0.25) is 4.79 Å². The molecule has 154 valence electrons. The maximum Gasteiger partial charge on any atom is 0.338 e. The van der Waals surface area contributed by atoms with Crippen LogP contribution in [0.15, 0.2) is 52.0 Å². The summed E-state index contributed by atoms with van der Waals surface area (Å²) in [4.78, 5) is 25.7. The molecule has 0 aliphatic carbocycles. The quantitative estimate of drug-likeness (QED) is 0.612. The number of carbonyl (C=O) groups is 2. The summed E-state index contributed by atoms with van der Waals surface area (Å²) in [6.07, 6.45) is 0.511. The van der Waals surface area contributed by atoms with Crippen molar-refractivity contribution < 1.29 is 27.2 Å². The van der Waals surface area contributed by atoms with Crippen molar-refractivity contribution in [1.29, 1.82) is 5.26 Å². The van der Waals surface area contributed by atoms with Gasteiger partial charge in [-0.1, -0.05) is 6.07 Å². The number of nitrogens with zero attached hydrogens (tertiary/aromatic N) is 2. The van der Waals surface area contributed by atoms with E-state index in [0.717, 1.165) is 0 Å². The molecule has 0 saturated carbocycles. The number of hydrogen-bond acceptors (Lipinski definition) is 7. The van der Waals surface area contributed by atoms with Crippen molar-refractivity contribution in [2.45, 2.75) is 30.9 Å². The number of likely N-dealkylation sites (N-methyl/N-ethyl adjacent to an activating group) is 1. The molecule has 0 aliphatic heterocycles. The average molecular weight is 419 g/mol. The molecule has 0 saturated heterocycles. The highest BCUT2D eigenvalue weighted by molar-refractivity contribution is 7.89. The minimum atomic E-state index is -3.88. The lowest BCUT2D eigenvalue weighted by Crippen LogP contribution is -2.37. The molecule has 0 radical (unpaired) electrons. The van der Waals surface area contributed by atoms with Crippen LogP contribution in [-0.2, 0) is 26.1 Å². The van der Waals surface area contributed by atoms with Crippen LogP contribution in [0.4, 0.5) is 0 Å². The number of amides is 1. The van der Waals surface area contributed by atoms with Gasteiger partial charge < -0.3 is 14.1 Å². The van der Waals surface area contributed by atoms with Crippen molar-refractivity contribution in [2.75, 3.05) is 13.6 Å². The maximum absolute atomic E-state index is 12.4. The summed E-state index contributed by atoms with van der Waals surface area (Å²) in [6, 6.07) is 10.5. The molecule has 9 nitrogen and oxygen atoms in total. The van der Waals surface area contributed by atoms with E-state index in [-0.39, 0.29) is 30.0 Å². The van der Waals surface area contributed by atoms with Crippen LogP contribution in [0.5, 0.6) is 0 Å². The van der Waals surface area contributed by atoms with Crippen molar-refractivity contribution >= 4 is 21.9 Å². The minimum absolute atomic E-state index is 0.00907. The van der Waals surface area contributed by atoms with Gasteiger partial charge in [-0.25, -0.2) is 17.9 Å². The SMILES string of the molecule is C[C@@H](OC(=O)c1cccc(S(=O)(=O)NCc2ccco2)c1)C(=O)N(C)CCC#N. The number of hydrogen-bond donors (Lipinski definition) is 1. The van der Waals surface area contributed by atoms with Crippen molar-refractivity contribution in [3.05, 3.63) is 54.0 Å². The Balaban J connectivity index is 2.05. The van der Waals surface area contributed by atoms with Gasteiger partial charge >= 0.3 is 5.97 Å². The number of sulfonamides is 1. The third-order valence-corrected chi connectivity index (χ3v) is 5.36. The van der Waals surface area contributed by atoms with E-state index in [4.69, 9.17) is 14.4 Å². The van der Waals surface area contributed by atoms with E-state index in [9.17, 15) is 18.0 Å². The monoisotopic (exact) mass is 419 g/mol. The molecule has 1 heterocycles. The molecule has 2 aromatic rings. The Hall–Kier alpha value is -3.16. The fourth-order valence-corrected chi connectivity index (χ4v) is 3.41. The first kappa shape index (κ1) is 22.1. The number of ether oxygens (including phenoxy) is 1. The standard InChI is InChI=1S/C19H21N3O6S/c1-14(18(23)22(2)10-5-9-20)28-19(24)15-6-3-8-17(12-15)29(25,26)21-13-16-7-4-11-27-16/h3-4,6-8,11-12,14,21H,5,10,13H2,1-2H3/t14-/m1/s1. The van der Waals surface area contributed by atoms with Crippen LogP contribution in [0.25, 0.3) is 0 Å². The van der Waals surface area contributed by atoms with Crippen LogP contribution in [0.1, 0.15) is 29.5 Å². The van der Waals surface area contributed by atoms with Crippen LogP contribution < -0.4 is 4.72 Å². The summed E-state index contributed by atoms with van der Waals surface area (Å²) < 4.78 is 37.5. The second-order valence-electron chi connectivity index (χ2n) is 6.15. The van der Waals surface area contributed by atoms with Crippen molar-refractivity contribution in [3.63, 3.8) is 0 Å². The third-order valence-electron chi connectivity index (χ3n) is 3.96. The van der Waals surface area contributed by atoms with E-state index in [1.54, 1.807) is 12.1 Å². The van der Waals surface area contributed by atoms with Crippen LogP contribution in [0.3, 0.4) is 0 Å². The molecule has 1 aromatic carbocycles. The summed E-state index contributed by atoms with van der Waals surface area (Å²) in [5, 5.41) is 8.58. The van der Waals surface area contributed by atoms with Crippen LogP contribution >= 0.6 is 0 Å². The van der Waals surface area contributed by atoms with Gasteiger partial charge in [0.05, 0.1) is 35.8 Å². The van der Waals surface area contributed by atoms with E-state index < -0.39 is 28.0 Å². The van der Waals surface area contributed by atoms with Gasteiger partial charge in [0.25, 0.3) is 5.91 Å². The first-order valence-electron chi connectivity index (χ1n) is 8.69. The van der Waals surface area contributed by atoms with Gasteiger partial charge in [-0.05, 0) is 37.3 Å². The fourth-order valence-electron chi connectivity index (χ4n) is 2.37. The van der Waals surface area contributed by atoms with Gasteiger partial charge in [0.2, 0.25) is 10.0 Å². The zero-order valence-electron chi connectivity index (χ0n) is 16.0. The highest BCUT2D eigenvalue weighted by Gasteiger charge is 2.23. The Labute approximate surface area is 168 Å². The molecule has 1 N–H and O–H groups in total. The Morgan fingerprint density at radius 1 is 1.31 bits per heavy atom. The zero-order valence-corrected chi connectivity index (χ0v) is 16.8. The molecule has 0 fully saturated rings. The van der Waals surface area contributed by atoms with Gasteiger partial charge in [0.1, 0.15) is 5.76 Å². The highest BCUT2D eigenvalue weighted by Crippen LogP contribution is 2.14. The second-order valence-corrected chi connectivity index (χ2v) is 7.91. The molecule has 0 aliphatic rings. The van der Waals surface area contributed by atoms with Crippen LogP contribution in [-0.4, -0.2) is 44.9 Å². The molecule has 29 heavy (non-hydrogen) atoms. The first-order chi connectivity index (χ1) is 13.7. The second kappa shape index (κ2) is 9.86. The number of carbonyl (C=O) groups excluding carboxylic acids is 2. The molecule has 1 atom stereocenters. The molecule has 10 heteroatoms. The van der Waals surface area contributed by atoms with Gasteiger partial charge in [-0.15, -0.1) is 0 Å². The molecular formula is C19H21N3O6S. The molecule has 1 aromatic heterocycles. The Bertz CT molecular complexity index is 995. The van der Waals surface area contributed by atoms with Gasteiger partial charge in [0.15, 0.2) is 6.10 Å². The first-order valence-corrected chi connectivity index (χ1v) is 10.2. The molecule has 0 spiro atoms. The smallest absolute Gasteiger partial charge is 0.338 e. The fraction of sp³-hybridized carbons (Fsp3) is 0.316. The number of esters is 1. The summed E-state index contributed by atoms with van der Waals surface area (Å²) in [5.74, 6) is -0.850. The predicted molar refractivity (Wildman–Crippen MR) is 102 cm³/mol. The normalized spacial score (nSPS) is 12.0. The lowest BCUT2D eigenvalue weighted by Gasteiger charge is -2.20. The lowest BCUT2D eigenvalue weighted by atomic mass is 10.2. The van der Waals surface area contributed by atoms with E-state index >= 15 is 0 Å². The van der Waals surface area contributed by atoms with Gasteiger partial charge in [0, 0.05) is 13.6 Å². The number of rotatable bonds is 9. The Morgan fingerprint density at radius 2 is 2.07 bits per heavy atom. The minimum Gasteiger partial charge on any atom is -0.468 e. The number of nitriles is 1. The van der Waals surface area contributed by atoms with Gasteiger partial charge in [-0.2, -0.15) is 5.26 Å².